The zero-order valence-electron chi connectivity index (χ0n) is 7.78. The van der Waals surface area contributed by atoms with Gasteiger partial charge < -0.3 is 5.32 Å². The highest BCUT2D eigenvalue weighted by molar-refractivity contribution is 4.83. The molecule has 1 atom stereocenters. The summed E-state index contributed by atoms with van der Waals surface area (Å²) < 4.78 is 0. The minimum absolute atomic E-state index is 0.453. The molecule has 0 amide bonds. The fourth-order valence-electron chi connectivity index (χ4n) is 1.08. The van der Waals surface area contributed by atoms with Gasteiger partial charge in [0.2, 0.25) is 0 Å². The summed E-state index contributed by atoms with van der Waals surface area (Å²) in [6.07, 6.45) is 1.93. The van der Waals surface area contributed by atoms with Crippen LogP contribution in [0.15, 0.2) is 0 Å². The van der Waals surface area contributed by atoms with E-state index in [1.54, 1.807) is 7.05 Å². The van der Waals surface area contributed by atoms with E-state index in [1.165, 1.54) is 4.80 Å². The predicted octanol–water partition coefficient (Wildman–Crippen LogP) is -0.249. The van der Waals surface area contributed by atoms with E-state index >= 15 is 0 Å². The van der Waals surface area contributed by atoms with Crippen LogP contribution in [0.5, 0.6) is 0 Å². The Balaban J connectivity index is 2.50. The lowest BCUT2D eigenvalue weighted by molar-refractivity contribution is 0.528. The molecule has 0 aromatic carbocycles. The molecule has 5 nitrogen and oxygen atoms in total. The first-order valence-electron chi connectivity index (χ1n) is 4.16. The molecule has 1 unspecified atom stereocenters. The quantitative estimate of drug-likeness (QED) is 0.675. The van der Waals surface area contributed by atoms with Crippen molar-refractivity contribution in [3.05, 3.63) is 5.82 Å². The largest absolute Gasteiger partial charge is 0.317 e. The molecule has 0 saturated heterocycles. The molecule has 5 heteroatoms. The third-order valence-corrected chi connectivity index (χ3v) is 1.88. The Bertz CT molecular complexity index is 227. The molecule has 0 aliphatic rings. The second-order valence-electron chi connectivity index (χ2n) is 2.79. The van der Waals surface area contributed by atoms with Gasteiger partial charge in [-0.05, 0) is 18.7 Å². The molecule has 1 N–H and O–H groups in total. The van der Waals surface area contributed by atoms with Crippen molar-refractivity contribution in [1.82, 2.24) is 25.5 Å². The molecular formula is C7H15N5. The number of rotatable bonds is 4. The standard InChI is InChI=1S/C7H15N5/c1-4-6(8-2)5-7-9-11-12(3)10-7/h6,8H,4-5H2,1-3H3. The predicted molar refractivity (Wildman–Crippen MR) is 45.6 cm³/mol. The number of aryl methyl sites for hydroxylation is 1. The van der Waals surface area contributed by atoms with E-state index in [0.29, 0.717) is 6.04 Å². The first-order valence-corrected chi connectivity index (χ1v) is 4.16. The van der Waals surface area contributed by atoms with Crippen molar-refractivity contribution in [2.75, 3.05) is 7.05 Å². The van der Waals surface area contributed by atoms with Crippen LogP contribution >= 0.6 is 0 Å². The monoisotopic (exact) mass is 169 g/mol. The van der Waals surface area contributed by atoms with Gasteiger partial charge in [-0.25, -0.2) is 0 Å². The summed E-state index contributed by atoms with van der Waals surface area (Å²) >= 11 is 0. The first kappa shape index (κ1) is 9.12. The van der Waals surface area contributed by atoms with E-state index in [0.717, 1.165) is 18.7 Å². The molecule has 0 bridgehead atoms. The molecule has 0 aliphatic carbocycles. The number of nitrogens with one attached hydrogen (secondary N) is 1. The Morgan fingerprint density at radius 1 is 1.58 bits per heavy atom. The smallest absolute Gasteiger partial charge is 0.176 e. The van der Waals surface area contributed by atoms with Gasteiger partial charge in [0.25, 0.3) is 0 Å². The number of likely N-dealkylation sites (N-methyl/N-ethyl adjacent to an activating group) is 1. The van der Waals surface area contributed by atoms with Crippen LogP contribution in [0.4, 0.5) is 0 Å². The van der Waals surface area contributed by atoms with Gasteiger partial charge in [-0.2, -0.15) is 4.80 Å². The van der Waals surface area contributed by atoms with Crippen molar-refractivity contribution in [1.29, 1.82) is 0 Å². The van der Waals surface area contributed by atoms with Crippen LogP contribution in [-0.4, -0.2) is 33.3 Å². The fraction of sp³-hybridized carbons (Fsp3) is 0.857. The zero-order valence-corrected chi connectivity index (χ0v) is 7.78. The molecular weight excluding hydrogens is 154 g/mol. The van der Waals surface area contributed by atoms with Gasteiger partial charge in [-0.1, -0.05) is 6.92 Å². The number of hydrogen-bond acceptors (Lipinski definition) is 4. The minimum Gasteiger partial charge on any atom is -0.317 e. The number of aromatic nitrogens is 4. The molecule has 0 spiro atoms. The highest BCUT2D eigenvalue weighted by Crippen LogP contribution is 1.97. The maximum absolute atomic E-state index is 4.10. The van der Waals surface area contributed by atoms with Gasteiger partial charge in [-0.3, -0.25) is 0 Å². The topological polar surface area (TPSA) is 55.6 Å². The Labute approximate surface area is 72.2 Å². The van der Waals surface area contributed by atoms with Gasteiger partial charge >= 0.3 is 0 Å². The summed E-state index contributed by atoms with van der Waals surface area (Å²) in [4.78, 5) is 1.48. The van der Waals surface area contributed by atoms with Crippen molar-refractivity contribution < 1.29 is 0 Å². The summed E-state index contributed by atoms with van der Waals surface area (Å²) in [6.45, 7) is 2.14. The second-order valence-corrected chi connectivity index (χ2v) is 2.79. The van der Waals surface area contributed by atoms with Crippen molar-refractivity contribution in [2.24, 2.45) is 7.05 Å². The number of nitrogens with zero attached hydrogens (tertiary/aromatic N) is 4. The van der Waals surface area contributed by atoms with E-state index in [2.05, 4.69) is 27.7 Å². The van der Waals surface area contributed by atoms with Crippen LogP contribution in [0.3, 0.4) is 0 Å². The third kappa shape index (κ3) is 2.27. The molecule has 0 aliphatic heterocycles. The van der Waals surface area contributed by atoms with E-state index < -0.39 is 0 Å². The average Bonchev–Trinajstić information content (AvgIpc) is 2.47. The highest BCUT2D eigenvalue weighted by atomic mass is 15.6. The summed E-state index contributed by atoms with van der Waals surface area (Å²) in [7, 11) is 3.72. The van der Waals surface area contributed by atoms with Gasteiger partial charge in [0, 0.05) is 12.5 Å². The lowest BCUT2D eigenvalue weighted by Gasteiger charge is -2.09. The average molecular weight is 169 g/mol. The molecule has 1 aromatic heterocycles. The highest BCUT2D eigenvalue weighted by Gasteiger charge is 2.07. The lowest BCUT2D eigenvalue weighted by Crippen LogP contribution is -2.27. The zero-order chi connectivity index (χ0) is 8.97. The number of tetrazole rings is 1. The van der Waals surface area contributed by atoms with E-state index in [1.807, 2.05) is 7.05 Å². The lowest BCUT2D eigenvalue weighted by atomic mass is 10.1. The van der Waals surface area contributed by atoms with Gasteiger partial charge in [-0.15, -0.1) is 10.2 Å². The molecule has 1 aromatic rings. The van der Waals surface area contributed by atoms with Crippen LogP contribution in [0.2, 0.25) is 0 Å². The van der Waals surface area contributed by atoms with Crippen LogP contribution in [0, 0.1) is 0 Å². The molecule has 0 saturated carbocycles. The Hall–Kier alpha value is -0.970. The molecule has 0 radical (unpaired) electrons. The maximum Gasteiger partial charge on any atom is 0.176 e. The summed E-state index contributed by atoms with van der Waals surface area (Å²) in [5, 5.41) is 15.0. The van der Waals surface area contributed by atoms with Crippen molar-refractivity contribution in [3.8, 4) is 0 Å². The Morgan fingerprint density at radius 3 is 2.75 bits per heavy atom. The fourth-order valence-corrected chi connectivity index (χ4v) is 1.08. The third-order valence-electron chi connectivity index (χ3n) is 1.88. The first-order chi connectivity index (χ1) is 5.76. The van der Waals surface area contributed by atoms with Crippen LogP contribution < -0.4 is 5.32 Å². The van der Waals surface area contributed by atoms with Crippen LogP contribution in [-0.2, 0) is 13.5 Å². The van der Waals surface area contributed by atoms with E-state index in [4.69, 9.17) is 0 Å². The second kappa shape index (κ2) is 4.15. The van der Waals surface area contributed by atoms with E-state index in [-0.39, 0.29) is 0 Å². The van der Waals surface area contributed by atoms with Gasteiger partial charge in [0.1, 0.15) is 0 Å². The summed E-state index contributed by atoms with van der Waals surface area (Å²) in [6, 6.07) is 0.453. The summed E-state index contributed by atoms with van der Waals surface area (Å²) in [5.41, 5.74) is 0. The van der Waals surface area contributed by atoms with Crippen molar-refractivity contribution in [2.45, 2.75) is 25.8 Å². The Kier molecular flexibility index (Phi) is 3.16. The molecule has 12 heavy (non-hydrogen) atoms. The normalized spacial score (nSPS) is 13.2. The van der Waals surface area contributed by atoms with Crippen molar-refractivity contribution >= 4 is 0 Å². The molecule has 68 valence electrons. The van der Waals surface area contributed by atoms with Gasteiger partial charge in [0.05, 0.1) is 7.05 Å². The molecule has 0 fully saturated rings. The SMILES string of the molecule is CCC(Cc1nnn(C)n1)NC. The molecule has 1 heterocycles. The van der Waals surface area contributed by atoms with Crippen LogP contribution in [0.25, 0.3) is 0 Å². The van der Waals surface area contributed by atoms with Gasteiger partial charge in [0.15, 0.2) is 5.82 Å². The minimum atomic E-state index is 0.453. The Morgan fingerprint density at radius 2 is 2.33 bits per heavy atom. The summed E-state index contributed by atoms with van der Waals surface area (Å²) in [5.74, 6) is 0.804. The van der Waals surface area contributed by atoms with E-state index in [9.17, 15) is 0 Å². The maximum atomic E-state index is 4.10. The van der Waals surface area contributed by atoms with Crippen LogP contribution in [0.1, 0.15) is 19.2 Å². The van der Waals surface area contributed by atoms with Crippen molar-refractivity contribution in [3.63, 3.8) is 0 Å². The molecule has 1 rings (SSSR count). The number of hydrogen-bond donors (Lipinski definition) is 1.